The Morgan fingerprint density at radius 3 is 2.70 bits per heavy atom. The van der Waals surface area contributed by atoms with Gasteiger partial charge in [0.25, 0.3) is 0 Å². The van der Waals surface area contributed by atoms with Gasteiger partial charge in [-0.3, -0.25) is 4.90 Å². The summed E-state index contributed by atoms with van der Waals surface area (Å²) in [5, 5.41) is 12.9. The molecule has 1 aliphatic heterocycles. The maximum atomic E-state index is 15.0. The summed E-state index contributed by atoms with van der Waals surface area (Å²) in [5.41, 5.74) is 1.61. The van der Waals surface area contributed by atoms with Crippen LogP contribution in [0.25, 0.3) is 0 Å². The third kappa shape index (κ3) is 5.83. The molecule has 3 aromatic rings. The van der Waals surface area contributed by atoms with Crippen molar-refractivity contribution in [3.63, 3.8) is 0 Å². The first-order valence-corrected chi connectivity index (χ1v) is 11.9. The van der Waals surface area contributed by atoms with Crippen molar-refractivity contribution < 1.29 is 23.8 Å². The van der Waals surface area contributed by atoms with Gasteiger partial charge in [0.2, 0.25) is 5.95 Å². The lowest BCUT2D eigenvalue weighted by atomic mass is 10.1. The van der Waals surface area contributed by atoms with E-state index >= 15 is 4.39 Å². The number of benzene rings is 2. The van der Waals surface area contributed by atoms with Gasteiger partial charge >= 0.3 is 6.09 Å². The maximum absolute atomic E-state index is 15.0. The minimum Gasteiger partial charge on any atom is -0.493 e. The molecule has 0 bridgehead atoms. The number of nitrogens with one attached hydrogen (secondary N) is 1. The summed E-state index contributed by atoms with van der Waals surface area (Å²) in [5.74, 6) is 0.871. The number of carbonyl (C=O) groups is 1. The lowest BCUT2D eigenvalue weighted by molar-refractivity contribution is 0.201. The van der Waals surface area contributed by atoms with Gasteiger partial charge in [0.05, 0.1) is 26.5 Å². The molecule has 37 heavy (non-hydrogen) atoms. The van der Waals surface area contributed by atoms with Crippen molar-refractivity contribution in [3.05, 3.63) is 60.0 Å². The average Bonchev–Trinajstić information content (AvgIpc) is 2.88. The number of hydrogen-bond donors (Lipinski definition) is 2. The van der Waals surface area contributed by atoms with Crippen molar-refractivity contribution >= 4 is 29.2 Å². The number of nitrogens with zero attached hydrogens (tertiary/aromatic N) is 5. The number of anilines is 4. The number of aromatic nitrogens is 2. The van der Waals surface area contributed by atoms with Crippen molar-refractivity contribution in [3.8, 4) is 11.5 Å². The fourth-order valence-electron chi connectivity index (χ4n) is 4.29. The van der Waals surface area contributed by atoms with Crippen LogP contribution in [0.2, 0.25) is 0 Å². The summed E-state index contributed by atoms with van der Waals surface area (Å²) in [7, 11) is 5.08. The van der Waals surface area contributed by atoms with Crippen LogP contribution in [0, 0.1) is 5.82 Å². The van der Waals surface area contributed by atoms with E-state index in [9.17, 15) is 9.90 Å². The SMILES string of the molecule is COc1cccc(CN(C(=O)O)c2ccnc(Nc3ccc(N4CCN(C)C(C)C4)c(F)c3)n2)c1OC. The molecule has 10 nitrogen and oxygen atoms in total. The van der Waals surface area contributed by atoms with E-state index < -0.39 is 6.09 Å². The maximum Gasteiger partial charge on any atom is 0.413 e. The molecule has 0 aliphatic carbocycles. The van der Waals surface area contributed by atoms with E-state index in [-0.39, 0.29) is 24.1 Å². The highest BCUT2D eigenvalue weighted by Crippen LogP contribution is 2.32. The zero-order valence-electron chi connectivity index (χ0n) is 21.3. The highest BCUT2D eigenvalue weighted by molar-refractivity contribution is 5.85. The summed E-state index contributed by atoms with van der Waals surface area (Å²) < 4.78 is 25.8. The summed E-state index contributed by atoms with van der Waals surface area (Å²) in [4.78, 5) is 26.0. The summed E-state index contributed by atoms with van der Waals surface area (Å²) in [6.07, 6.45) is 0.242. The first-order valence-electron chi connectivity index (χ1n) is 11.9. The number of rotatable bonds is 8. The molecule has 0 spiro atoms. The number of halogens is 1. The molecule has 1 fully saturated rings. The molecule has 1 aliphatic rings. The van der Waals surface area contributed by atoms with Crippen LogP contribution in [0.15, 0.2) is 48.7 Å². The number of amides is 1. The van der Waals surface area contributed by atoms with Crippen LogP contribution in [0.4, 0.5) is 32.3 Å². The second-order valence-electron chi connectivity index (χ2n) is 8.83. The Hall–Kier alpha value is -4.12. The normalized spacial score (nSPS) is 15.8. The highest BCUT2D eigenvalue weighted by atomic mass is 19.1. The molecular weight excluding hydrogens is 479 g/mol. The molecule has 2 N–H and O–H groups in total. The standard InChI is InChI=1S/C26H31FN6O4/c1-17-15-32(13-12-31(17)2)21-9-8-19(14-20(21)27)29-25-28-11-10-23(30-25)33(26(34)35)16-18-6-5-7-22(36-3)24(18)37-4/h5-11,14,17H,12-13,15-16H2,1-4H3,(H,34,35)(H,28,29,30). The van der Waals surface area contributed by atoms with E-state index in [0.29, 0.717) is 34.5 Å². The average molecular weight is 511 g/mol. The number of likely N-dealkylation sites (N-methyl/N-ethyl adjacent to an activating group) is 1. The lowest BCUT2D eigenvalue weighted by Gasteiger charge is -2.39. The van der Waals surface area contributed by atoms with Gasteiger partial charge in [-0.1, -0.05) is 12.1 Å². The van der Waals surface area contributed by atoms with Gasteiger partial charge in [-0.05, 0) is 44.3 Å². The number of piperazine rings is 1. The second kappa shape index (κ2) is 11.3. The predicted octanol–water partition coefficient (Wildman–Crippen LogP) is 4.20. The molecule has 1 atom stereocenters. The largest absolute Gasteiger partial charge is 0.493 e. The second-order valence-corrected chi connectivity index (χ2v) is 8.83. The molecule has 2 heterocycles. The van der Waals surface area contributed by atoms with Crippen molar-refractivity contribution in [1.82, 2.24) is 14.9 Å². The van der Waals surface area contributed by atoms with E-state index in [1.54, 1.807) is 30.3 Å². The minimum atomic E-state index is -1.20. The van der Waals surface area contributed by atoms with Crippen LogP contribution in [-0.2, 0) is 6.54 Å². The van der Waals surface area contributed by atoms with Crippen molar-refractivity contribution in [1.29, 1.82) is 0 Å². The monoisotopic (exact) mass is 510 g/mol. The zero-order valence-corrected chi connectivity index (χ0v) is 21.3. The molecule has 0 saturated carbocycles. The van der Waals surface area contributed by atoms with Crippen molar-refractivity contribution in [2.45, 2.75) is 19.5 Å². The minimum absolute atomic E-state index is 0.0288. The first kappa shape index (κ1) is 26.0. The fourth-order valence-corrected chi connectivity index (χ4v) is 4.29. The molecule has 0 radical (unpaired) electrons. The van der Waals surface area contributed by atoms with Gasteiger partial charge in [0.1, 0.15) is 11.6 Å². The van der Waals surface area contributed by atoms with Gasteiger partial charge in [-0.15, -0.1) is 0 Å². The molecule has 1 amide bonds. The van der Waals surface area contributed by atoms with Crippen molar-refractivity contribution in [2.75, 3.05) is 56.0 Å². The number of methoxy groups -OCH3 is 2. The lowest BCUT2D eigenvalue weighted by Crippen LogP contribution is -2.50. The Kier molecular flexibility index (Phi) is 7.92. The van der Waals surface area contributed by atoms with E-state index in [2.05, 4.69) is 34.2 Å². The molecular formula is C26H31FN6O4. The van der Waals surface area contributed by atoms with Crippen molar-refractivity contribution in [2.24, 2.45) is 0 Å². The van der Waals surface area contributed by atoms with Gasteiger partial charge in [-0.25, -0.2) is 14.2 Å². The Balaban J connectivity index is 1.53. The van der Waals surface area contributed by atoms with Gasteiger partial charge < -0.3 is 29.7 Å². The van der Waals surface area contributed by atoms with E-state index in [1.807, 2.05) is 4.90 Å². The molecule has 196 valence electrons. The predicted molar refractivity (Wildman–Crippen MR) is 140 cm³/mol. The molecule has 2 aromatic carbocycles. The van der Waals surface area contributed by atoms with Gasteiger partial charge in [0.15, 0.2) is 11.5 Å². The third-order valence-electron chi connectivity index (χ3n) is 6.47. The Morgan fingerprint density at radius 1 is 1.22 bits per heavy atom. The Morgan fingerprint density at radius 2 is 2.03 bits per heavy atom. The van der Waals surface area contributed by atoms with Crippen LogP contribution in [0.3, 0.4) is 0 Å². The number of para-hydroxylation sites is 1. The van der Waals surface area contributed by atoms with Gasteiger partial charge in [0, 0.05) is 43.1 Å². The van der Waals surface area contributed by atoms with Crippen LogP contribution < -0.4 is 24.6 Å². The fraction of sp³-hybridized carbons (Fsp3) is 0.346. The van der Waals surface area contributed by atoms with Crippen LogP contribution in [0.5, 0.6) is 11.5 Å². The smallest absolute Gasteiger partial charge is 0.413 e. The highest BCUT2D eigenvalue weighted by Gasteiger charge is 2.23. The molecule has 1 aromatic heterocycles. The number of carboxylic acid groups (broad SMARTS) is 1. The topological polar surface area (TPSA) is 103 Å². The molecule has 1 unspecified atom stereocenters. The number of ether oxygens (including phenoxy) is 2. The number of hydrogen-bond acceptors (Lipinski definition) is 8. The van der Waals surface area contributed by atoms with Gasteiger partial charge in [-0.2, -0.15) is 4.98 Å². The molecule has 11 heteroatoms. The summed E-state index contributed by atoms with van der Waals surface area (Å²) >= 11 is 0. The zero-order chi connectivity index (χ0) is 26.5. The third-order valence-corrected chi connectivity index (χ3v) is 6.47. The molecule has 1 saturated heterocycles. The first-order chi connectivity index (χ1) is 17.8. The van der Waals surface area contributed by atoms with Crippen LogP contribution in [-0.4, -0.2) is 73.0 Å². The van der Waals surface area contributed by atoms with E-state index in [0.717, 1.165) is 24.5 Å². The van der Waals surface area contributed by atoms with Crippen LogP contribution in [0.1, 0.15) is 12.5 Å². The van der Waals surface area contributed by atoms with E-state index in [4.69, 9.17) is 9.47 Å². The van der Waals surface area contributed by atoms with Crippen LogP contribution >= 0.6 is 0 Å². The van der Waals surface area contributed by atoms with E-state index in [1.165, 1.54) is 32.5 Å². The quantitative estimate of drug-likeness (QED) is 0.461. The summed E-state index contributed by atoms with van der Waals surface area (Å²) in [6, 6.07) is 11.9. The Labute approximate surface area is 215 Å². The molecule has 4 rings (SSSR count). The Bertz CT molecular complexity index is 1260. The summed E-state index contributed by atoms with van der Waals surface area (Å²) in [6.45, 7) is 4.45.